The van der Waals surface area contributed by atoms with Crippen LogP contribution in [0, 0.1) is 5.92 Å². The van der Waals surface area contributed by atoms with Crippen molar-refractivity contribution in [3.05, 3.63) is 28.5 Å². The predicted octanol–water partition coefficient (Wildman–Crippen LogP) is 4.63. The summed E-state index contributed by atoms with van der Waals surface area (Å²) in [5.74, 6) is 0.316. The summed E-state index contributed by atoms with van der Waals surface area (Å²) in [6.07, 6.45) is 7.50. The molecule has 0 bridgehead atoms. The minimum absolute atomic E-state index is 0.106. The molecule has 0 aliphatic heterocycles. The van der Waals surface area contributed by atoms with E-state index in [-0.39, 0.29) is 11.7 Å². The first kappa shape index (κ1) is 14.4. The first-order chi connectivity index (χ1) is 8.15. The molecule has 1 unspecified atom stereocenters. The molecule has 0 saturated heterocycles. The molecule has 0 spiro atoms. The van der Waals surface area contributed by atoms with Gasteiger partial charge in [-0.3, -0.25) is 4.79 Å². The first-order valence-electron chi connectivity index (χ1n) is 6.31. The third-order valence-corrected chi connectivity index (χ3v) is 3.42. The van der Waals surface area contributed by atoms with Gasteiger partial charge in [-0.05, 0) is 34.5 Å². The van der Waals surface area contributed by atoms with Crippen LogP contribution in [-0.2, 0) is 0 Å². The molecule has 94 valence electrons. The fourth-order valence-electron chi connectivity index (χ4n) is 1.81. The molecule has 1 atom stereocenters. The molecular formula is C14H20BrNO. The minimum atomic E-state index is 0.106. The number of carbonyl (C=O) groups is 1. The van der Waals surface area contributed by atoms with Crippen LogP contribution < -0.4 is 0 Å². The molecule has 3 heteroatoms. The summed E-state index contributed by atoms with van der Waals surface area (Å²) in [7, 11) is 0. The van der Waals surface area contributed by atoms with Crippen molar-refractivity contribution in [3.63, 3.8) is 0 Å². The number of unbranched alkanes of at least 4 members (excludes halogenated alkanes) is 3. The number of hydrogen-bond acceptors (Lipinski definition) is 2. The number of hydrogen-bond donors (Lipinski definition) is 0. The number of halogens is 1. The average molecular weight is 298 g/mol. The van der Waals surface area contributed by atoms with Gasteiger partial charge in [-0.1, -0.05) is 39.5 Å². The van der Waals surface area contributed by atoms with E-state index in [0.717, 1.165) is 23.0 Å². The Kier molecular flexibility index (Phi) is 6.41. The number of rotatable bonds is 7. The standard InChI is InChI=1S/C14H20BrNO/c1-3-4-5-6-7-11(2)14(17)12-8-9-13(15)16-10-12/h8-11H,3-7H2,1-2H3. The van der Waals surface area contributed by atoms with Crippen LogP contribution in [0.1, 0.15) is 56.3 Å². The number of ketones is 1. The molecule has 1 heterocycles. The van der Waals surface area contributed by atoms with Gasteiger partial charge in [0, 0.05) is 17.7 Å². The van der Waals surface area contributed by atoms with E-state index in [0.29, 0.717) is 0 Å². The molecule has 0 aromatic carbocycles. The van der Waals surface area contributed by atoms with Crippen LogP contribution in [0.25, 0.3) is 0 Å². The lowest BCUT2D eigenvalue weighted by Gasteiger charge is -2.09. The van der Waals surface area contributed by atoms with Gasteiger partial charge in [0.15, 0.2) is 5.78 Å². The molecule has 0 amide bonds. The summed E-state index contributed by atoms with van der Waals surface area (Å²) < 4.78 is 0.768. The van der Waals surface area contributed by atoms with E-state index in [2.05, 4.69) is 27.8 Å². The molecule has 1 aromatic heterocycles. The van der Waals surface area contributed by atoms with Crippen LogP contribution in [0.2, 0.25) is 0 Å². The zero-order valence-corrected chi connectivity index (χ0v) is 12.2. The number of pyridine rings is 1. The maximum atomic E-state index is 12.1. The third-order valence-electron chi connectivity index (χ3n) is 2.95. The van der Waals surface area contributed by atoms with E-state index < -0.39 is 0 Å². The maximum absolute atomic E-state index is 12.1. The Morgan fingerprint density at radius 2 is 2.12 bits per heavy atom. The van der Waals surface area contributed by atoms with E-state index in [4.69, 9.17) is 0 Å². The Labute approximate surface area is 112 Å². The van der Waals surface area contributed by atoms with Gasteiger partial charge in [-0.15, -0.1) is 0 Å². The highest BCUT2D eigenvalue weighted by molar-refractivity contribution is 9.10. The van der Waals surface area contributed by atoms with E-state index in [1.54, 1.807) is 6.20 Å². The van der Waals surface area contributed by atoms with E-state index in [1.165, 1.54) is 19.3 Å². The van der Waals surface area contributed by atoms with Gasteiger partial charge in [0.25, 0.3) is 0 Å². The van der Waals surface area contributed by atoms with Crippen molar-refractivity contribution in [1.82, 2.24) is 4.98 Å². The monoisotopic (exact) mass is 297 g/mol. The average Bonchev–Trinajstić information content (AvgIpc) is 2.34. The highest BCUT2D eigenvalue weighted by Crippen LogP contribution is 2.16. The van der Waals surface area contributed by atoms with Crippen LogP contribution in [0.4, 0.5) is 0 Å². The Morgan fingerprint density at radius 3 is 2.71 bits per heavy atom. The van der Waals surface area contributed by atoms with Crippen molar-refractivity contribution in [1.29, 1.82) is 0 Å². The molecule has 0 N–H and O–H groups in total. The number of Topliss-reactive ketones (excluding diaryl/α,β-unsaturated/α-hetero) is 1. The van der Waals surface area contributed by atoms with Gasteiger partial charge >= 0.3 is 0 Å². The summed E-state index contributed by atoms with van der Waals surface area (Å²) >= 11 is 3.27. The molecule has 0 aliphatic carbocycles. The van der Waals surface area contributed by atoms with E-state index in [1.807, 2.05) is 19.1 Å². The molecule has 17 heavy (non-hydrogen) atoms. The fraction of sp³-hybridized carbons (Fsp3) is 0.571. The zero-order chi connectivity index (χ0) is 12.7. The summed E-state index contributed by atoms with van der Waals surface area (Å²) in [6.45, 7) is 4.21. The maximum Gasteiger partial charge on any atom is 0.167 e. The lowest BCUT2D eigenvalue weighted by atomic mass is 9.95. The SMILES string of the molecule is CCCCCCC(C)C(=O)c1ccc(Br)nc1. The third kappa shape index (κ3) is 4.99. The molecule has 0 radical (unpaired) electrons. The van der Waals surface area contributed by atoms with Gasteiger partial charge in [-0.2, -0.15) is 0 Å². The van der Waals surface area contributed by atoms with Gasteiger partial charge in [-0.25, -0.2) is 4.98 Å². The lowest BCUT2D eigenvalue weighted by Crippen LogP contribution is -2.11. The first-order valence-corrected chi connectivity index (χ1v) is 7.10. The topological polar surface area (TPSA) is 30.0 Å². The van der Waals surface area contributed by atoms with Gasteiger partial charge < -0.3 is 0 Å². The Hall–Kier alpha value is -0.700. The van der Waals surface area contributed by atoms with Gasteiger partial charge in [0.1, 0.15) is 4.60 Å². The van der Waals surface area contributed by atoms with Gasteiger partial charge in [0.05, 0.1) is 0 Å². The number of nitrogens with zero attached hydrogens (tertiary/aromatic N) is 1. The fourth-order valence-corrected chi connectivity index (χ4v) is 2.05. The predicted molar refractivity (Wildman–Crippen MR) is 74.2 cm³/mol. The molecule has 0 saturated carbocycles. The van der Waals surface area contributed by atoms with Gasteiger partial charge in [0.2, 0.25) is 0 Å². The Balaban J connectivity index is 2.43. The molecular weight excluding hydrogens is 278 g/mol. The Bertz CT molecular complexity index is 348. The zero-order valence-electron chi connectivity index (χ0n) is 10.6. The van der Waals surface area contributed by atoms with Crippen molar-refractivity contribution in [3.8, 4) is 0 Å². The van der Waals surface area contributed by atoms with Crippen molar-refractivity contribution < 1.29 is 4.79 Å². The van der Waals surface area contributed by atoms with Crippen LogP contribution in [-0.4, -0.2) is 10.8 Å². The lowest BCUT2D eigenvalue weighted by molar-refractivity contribution is 0.0922. The highest BCUT2D eigenvalue weighted by atomic mass is 79.9. The summed E-state index contributed by atoms with van der Waals surface area (Å²) in [5.41, 5.74) is 0.719. The molecule has 1 rings (SSSR count). The minimum Gasteiger partial charge on any atom is -0.294 e. The normalized spacial score (nSPS) is 12.4. The molecule has 0 fully saturated rings. The second-order valence-corrected chi connectivity index (χ2v) is 5.30. The summed E-state index contributed by atoms with van der Waals surface area (Å²) in [5, 5.41) is 0. The van der Waals surface area contributed by atoms with E-state index in [9.17, 15) is 4.79 Å². The second-order valence-electron chi connectivity index (χ2n) is 4.48. The second kappa shape index (κ2) is 7.59. The Morgan fingerprint density at radius 1 is 1.35 bits per heavy atom. The molecule has 1 aromatic rings. The quantitative estimate of drug-likeness (QED) is 0.417. The largest absolute Gasteiger partial charge is 0.294 e. The number of carbonyl (C=O) groups excluding carboxylic acids is 1. The highest BCUT2D eigenvalue weighted by Gasteiger charge is 2.14. The van der Waals surface area contributed by atoms with Crippen molar-refractivity contribution in [2.45, 2.75) is 46.0 Å². The molecule has 0 aliphatic rings. The number of aromatic nitrogens is 1. The van der Waals surface area contributed by atoms with Crippen molar-refractivity contribution >= 4 is 21.7 Å². The van der Waals surface area contributed by atoms with E-state index >= 15 is 0 Å². The van der Waals surface area contributed by atoms with Crippen LogP contribution in [0.5, 0.6) is 0 Å². The van der Waals surface area contributed by atoms with Crippen molar-refractivity contribution in [2.75, 3.05) is 0 Å². The summed E-state index contributed by atoms with van der Waals surface area (Å²) in [4.78, 5) is 16.2. The van der Waals surface area contributed by atoms with Crippen molar-refractivity contribution in [2.24, 2.45) is 5.92 Å². The van der Waals surface area contributed by atoms with Crippen LogP contribution >= 0.6 is 15.9 Å². The molecule has 2 nitrogen and oxygen atoms in total. The smallest absolute Gasteiger partial charge is 0.167 e. The summed E-state index contributed by atoms with van der Waals surface area (Å²) in [6, 6.07) is 3.65. The van der Waals surface area contributed by atoms with Crippen LogP contribution in [0.3, 0.4) is 0 Å². The van der Waals surface area contributed by atoms with Crippen LogP contribution in [0.15, 0.2) is 22.9 Å².